The molecule has 2 aliphatic rings. The van der Waals surface area contributed by atoms with Gasteiger partial charge in [0.2, 0.25) is 0 Å². The first-order chi connectivity index (χ1) is 7.40. The van der Waals surface area contributed by atoms with Crippen LogP contribution in [0.2, 0.25) is 0 Å². The fraction of sp³-hybridized carbons (Fsp3) is 0.700. The number of carboxylic acid groups (broad SMARTS) is 1. The van der Waals surface area contributed by atoms with Crippen molar-refractivity contribution in [2.45, 2.75) is 38.1 Å². The van der Waals surface area contributed by atoms with Gasteiger partial charge in [-0.25, -0.2) is 4.79 Å². The Bertz CT molecular complexity index is 375. The summed E-state index contributed by atoms with van der Waals surface area (Å²) in [6.45, 7) is 1.90. The Morgan fingerprint density at radius 2 is 2.06 bits per heavy atom. The predicted octanol–water partition coefficient (Wildman–Crippen LogP) is 0.230. The molecule has 1 aliphatic carbocycles. The summed E-state index contributed by atoms with van der Waals surface area (Å²) in [6, 6.07) is -0.525. The molecule has 0 aromatic heterocycles. The van der Waals surface area contributed by atoms with Gasteiger partial charge in [0.25, 0.3) is 5.91 Å². The van der Waals surface area contributed by atoms with E-state index >= 15 is 0 Å². The minimum atomic E-state index is -1.03. The largest absolute Gasteiger partial charge is 0.481 e. The van der Waals surface area contributed by atoms with E-state index in [9.17, 15) is 14.4 Å². The third kappa shape index (κ3) is 1.45. The van der Waals surface area contributed by atoms with Crippen LogP contribution < -0.4 is 10.6 Å². The van der Waals surface area contributed by atoms with Crippen LogP contribution >= 0.6 is 0 Å². The first-order valence-corrected chi connectivity index (χ1v) is 5.25. The SMILES string of the molecule is CC1(C2(CCC(=O)O)NC(=O)NC2=O)CC1. The molecule has 1 unspecified atom stereocenters. The van der Waals surface area contributed by atoms with Crippen LogP contribution in [0.1, 0.15) is 32.6 Å². The highest BCUT2D eigenvalue weighted by molar-refractivity contribution is 6.08. The monoisotopic (exact) mass is 226 g/mol. The van der Waals surface area contributed by atoms with Gasteiger partial charge in [0.15, 0.2) is 0 Å². The van der Waals surface area contributed by atoms with Crippen molar-refractivity contribution in [2.24, 2.45) is 5.41 Å². The predicted molar refractivity (Wildman–Crippen MR) is 53.6 cm³/mol. The van der Waals surface area contributed by atoms with Crippen molar-refractivity contribution in [3.05, 3.63) is 0 Å². The second kappa shape index (κ2) is 3.20. The number of carboxylic acids is 1. The Kier molecular flexibility index (Phi) is 2.18. The number of urea groups is 1. The van der Waals surface area contributed by atoms with Crippen molar-refractivity contribution in [2.75, 3.05) is 0 Å². The Hall–Kier alpha value is -1.59. The quantitative estimate of drug-likeness (QED) is 0.598. The lowest BCUT2D eigenvalue weighted by atomic mass is 9.78. The van der Waals surface area contributed by atoms with E-state index in [4.69, 9.17) is 5.11 Å². The average molecular weight is 226 g/mol. The zero-order chi connectivity index (χ0) is 12.0. The van der Waals surface area contributed by atoms with E-state index in [0.717, 1.165) is 12.8 Å². The van der Waals surface area contributed by atoms with Crippen LogP contribution in [-0.4, -0.2) is 28.6 Å². The van der Waals surface area contributed by atoms with Gasteiger partial charge in [-0.3, -0.25) is 14.9 Å². The van der Waals surface area contributed by atoms with Gasteiger partial charge in [0, 0.05) is 6.42 Å². The number of nitrogens with one attached hydrogen (secondary N) is 2. The lowest BCUT2D eigenvalue weighted by molar-refractivity contribution is -0.138. The van der Waals surface area contributed by atoms with Crippen molar-refractivity contribution in [3.8, 4) is 0 Å². The van der Waals surface area contributed by atoms with E-state index in [-0.39, 0.29) is 18.3 Å². The lowest BCUT2D eigenvalue weighted by Gasteiger charge is -2.32. The molecule has 1 heterocycles. The topological polar surface area (TPSA) is 95.5 Å². The van der Waals surface area contributed by atoms with Crippen molar-refractivity contribution in [1.82, 2.24) is 10.6 Å². The van der Waals surface area contributed by atoms with Crippen molar-refractivity contribution in [3.63, 3.8) is 0 Å². The zero-order valence-electron chi connectivity index (χ0n) is 9.00. The van der Waals surface area contributed by atoms with Gasteiger partial charge in [-0.2, -0.15) is 0 Å². The van der Waals surface area contributed by atoms with Gasteiger partial charge in [-0.05, 0) is 24.7 Å². The summed E-state index contributed by atoms with van der Waals surface area (Å²) in [5, 5.41) is 13.5. The summed E-state index contributed by atoms with van der Waals surface area (Å²) < 4.78 is 0. The lowest BCUT2D eigenvalue weighted by Crippen LogP contribution is -2.53. The van der Waals surface area contributed by atoms with Crippen LogP contribution in [0.5, 0.6) is 0 Å². The Morgan fingerprint density at radius 3 is 2.44 bits per heavy atom. The highest BCUT2D eigenvalue weighted by Gasteiger charge is 2.63. The van der Waals surface area contributed by atoms with Crippen LogP contribution in [0.3, 0.4) is 0 Å². The van der Waals surface area contributed by atoms with Crippen LogP contribution in [0.15, 0.2) is 0 Å². The fourth-order valence-electron chi connectivity index (χ4n) is 2.30. The molecule has 2 fully saturated rings. The van der Waals surface area contributed by atoms with Gasteiger partial charge in [-0.15, -0.1) is 0 Å². The molecule has 0 aromatic carbocycles. The zero-order valence-corrected chi connectivity index (χ0v) is 9.00. The maximum Gasteiger partial charge on any atom is 0.322 e. The van der Waals surface area contributed by atoms with Crippen LogP contribution in [0.25, 0.3) is 0 Å². The van der Waals surface area contributed by atoms with E-state index in [1.54, 1.807) is 0 Å². The molecule has 1 atom stereocenters. The Labute approximate surface area is 92.4 Å². The summed E-state index contributed by atoms with van der Waals surface area (Å²) >= 11 is 0. The molecule has 2 rings (SSSR count). The molecule has 3 N–H and O–H groups in total. The smallest absolute Gasteiger partial charge is 0.322 e. The van der Waals surface area contributed by atoms with Crippen LogP contribution in [-0.2, 0) is 9.59 Å². The summed E-state index contributed by atoms with van der Waals surface area (Å²) in [4.78, 5) is 33.6. The highest BCUT2D eigenvalue weighted by Crippen LogP contribution is 2.56. The molecule has 16 heavy (non-hydrogen) atoms. The summed E-state index contributed by atoms with van der Waals surface area (Å²) in [5.74, 6) is -1.35. The molecule has 6 nitrogen and oxygen atoms in total. The minimum absolute atomic E-state index is 0.122. The third-order valence-corrected chi connectivity index (χ3v) is 3.69. The molecule has 3 amide bonds. The fourth-order valence-corrected chi connectivity index (χ4v) is 2.30. The summed E-state index contributed by atoms with van der Waals surface area (Å²) in [6.07, 6.45) is 1.69. The number of imide groups is 1. The van der Waals surface area contributed by atoms with E-state index in [1.807, 2.05) is 6.92 Å². The first kappa shape index (κ1) is 10.9. The number of amides is 3. The average Bonchev–Trinajstić information content (AvgIpc) is 2.84. The molecule has 1 saturated heterocycles. The molecular formula is C10H14N2O4. The standard InChI is InChI=1S/C10H14N2O4/c1-9(4-5-9)10(3-2-6(13)14)7(15)11-8(16)12-10/h2-5H2,1H3,(H,13,14)(H2,11,12,15,16). The Morgan fingerprint density at radius 1 is 1.44 bits per heavy atom. The molecule has 6 heteroatoms. The molecule has 0 aromatic rings. The minimum Gasteiger partial charge on any atom is -0.481 e. The van der Waals surface area contributed by atoms with E-state index in [1.165, 1.54) is 0 Å². The van der Waals surface area contributed by atoms with Gasteiger partial charge >= 0.3 is 12.0 Å². The number of carbonyl (C=O) groups is 3. The van der Waals surface area contributed by atoms with Gasteiger partial charge < -0.3 is 10.4 Å². The van der Waals surface area contributed by atoms with E-state index in [2.05, 4.69) is 10.6 Å². The van der Waals surface area contributed by atoms with Gasteiger partial charge in [0.1, 0.15) is 5.54 Å². The number of hydrogen-bond acceptors (Lipinski definition) is 3. The molecule has 0 bridgehead atoms. The molecule has 1 aliphatic heterocycles. The summed E-state index contributed by atoms with van der Waals surface area (Å²) in [5.41, 5.74) is -1.32. The van der Waals surface area contributed by atoms with Crippen molar-refractivity contribution < 1.29 is 19.5 Å². The molecule has 0 radical (unpaired) electrons. The molecule has 1 saturated carbocycles. The second-order valence-electron chi connectivity index (χ2n) is 4.77. The van der Waals surface area contributed by atoms with Crippen molar-refractivity contribution >= 4 is 17.9 Å². The van der Waals surface area contributed by atoms with E-state index < -0.39 is 23.4 Å². The normalized spacial score (nSPS) is 30.8. The molecule has 0 spiro atoms. The molecule has 88 valence electrons. The highest BCUT2D eigenvalue weighted by atomic mass is 16.4. The Balaban J connectivity index is 2.23. The second-order valence-corrected chi connectivity index (χ2v) is 4.77. The number of carbonyl (C=O) groups excluding carboxylic acids is 2. The van der Waals surface area contributed by atoms with Gasteiger partial charge in [-0.1, -0.05) is 6.92 Å². The van der Waals surface area contributed by atoms with Gasteiger partial charge in [0.05, 0.1) is 0 Å². The maximum absolute atomic E-state index is 11.8. The summed E-state index contributed by atoms with van der Waals surface area (Å²) in [7, 11) is 0. The third-order valence-electron chi connectivity index (χ3n) is 3.69. The van der Waals surface area contributed by atoms with E-state index in [0.29, 0.717) is 0 Å². The molecular weight excluding hydrogens is 212 g/mol. The van der Waals surface area contributed by atoms with Crippen LogP contribution in [0.4, 0.5) is 4.79 Å². The number of aliphatic carboxylic acids is 1. The number of hydrogen-bond donors (Lipinski definition) is 3. The first-order valence-electron chi connectivity index (χ1n) is 5.25. The van der Waals surface area contributed by atoms with Crippen LogP contribution in [0, 0.1) is 5.41 Å². The number of rotatable bonds is 4. The van der Waals surface area contributed by atoms with Crippen molar-refractivity contribution in [1.29, 1.82) is 0 Å². The maximum atomic E-state index is 11.8.